The first-order chi connectivity index (χ1) is 9.33. The number of hydrogen-bond donors (Lipinski definition) is 0. The molecule has 0 saturated carbocycles. The summed E-state index contributed by atoms with van der Waals surface area (Å²) in [7, 11) is 0. The lowest BCUT2D eigenvalue weighted by Crippen LogP contribution is -1.81. The van der Waals surface area contributed by atoms with Crippen molar-refractivity contribution in [1.82, 2.24) is 9.97 Å². The van der Waals surface area contributed by atoms with Gasteiger partial charge in [0.15, 0.2) is 5.51 Å². The maximum Gasteiger partial charge on any atom is 0.153 e. The first-order valence-electron chi connectivity index (χ1n) is 5.64. The lowest BCUT2D eigenvalue weighted by molar-refractivity contribution is 1.45. The van der Waals surface area contributed by atoms with Crippen molar-refractivity contribution in [2.45, 2.75) is 0 Å². The van der Waals surface area contributed by atoms with E-state index in [1.807, 2.05) is 30.3 Å². The lowest BCUT2D eigenvalue weighted by atomic mass is 10.2. The number of thiazole rings is 2. The zero-order chi connectivity index (χ0) is 12.8. The van der Waals surface area contributed by atoms with Gasteiger partial charge in [-0.15, -0.1) is 22.7 Å². The molecule has 0 aliphatic rings. The summed E-state index contributed by atoms with van der Waals surface area (Å²) >= 11 is 9.47. The monoisotopic (exact) mass is 301 g/mol. The van der Waals surface area contributed by atoms with Crippen LogP contribution in [0.25, 0.3) is 31.0 Å². The second-order valence-electron chi connectivity index (χ2n) is 4.06. The Morgan fingerprint density at radius 3 is 2.84 bits per heavy atom. The largest absolute Gasteiger partial charge is 0.236 e. The second kappa shape index (κ2) is 4.27. The van der Waals surface area contributed by atoms with Crippen LogP contribution in [0.4, 0.5) is 0 Å². The summed E-state index contributed by atoms with van der Waals surface area (Å²) in [5, 5.41) is 1.60. The minimum atomic E-state index is 0.686. The van der Waals surface area contributed by atoms with E-state index in [4.69, 9.17) is 11.6 Å². The normalized spacial score (nSPS) is 11.4. The molecule has 5 heteroatoms. The molecular formula is C14H6ClN2S2. The fourth-order valence-corrected chi connectivity index (χ4v) is 3.98. The van der Waals surface area contributed by atoms with Crippen molar-refractivity contribution in [3.05, 3.63) is 46.9 Å². The molecule has 2 aromatic heterocycles. The Balaban J connectivity index is 2.08. The molecule has 0 aliphatic carbocycles. The van der Waals surface area contributed by atoms with Crippen molar-refractivity contribution in [2.75, 3.05) is 0 Å². The van der Waals surface area contributed by atoms with Crippen LogP contribution in [0.5, 0.6) is 0 Å². The Morgan fingerprint density at radius 2 is 1.95 bits per heavy atom. The molecule has 0 amide bonds. The van der Waals surface area contributed by atoms with Gasteiger partial charge in [0, 0.05) is 0 Å². The summed E-state index contributed by atoms with van der Waals surface area (Å²) < 4.78 is 2.24. The van der Waals surface area contributed by atoms with E-state index in [0.717, 1.165) is 31.0 Å². The molecule has 0 atom stereocenters. The summed E-state index contributed by atoms with van der Waals surface area (Å²) in [6.45, 7) is 0. The van der Waals surface area contributed by atoms with Crippen molar-refractivity contribution in [3.8, 4) is 10.6 Å². The number of para-hydroxylation sites is 1. The van der Waals surface area contributed by atoms with Crippen LogP contribution in [0.1, 0.15) is 0 Å². The third kappa shape index (κ3) is 1.75. The standard InChI is InChI=1S/C14H6ClN2S2/c15-8-5-6-11-13(16-7-18-11)12(8)14-17-9-3-1-2-4-10(9)19-14/h1-6H. The molecule has 0 aliphatic heterocycles. The van der Waals surface area contributed by atoms with Crippen molar-refractivity contribution < 1.29 is 0 Å². The Labute approximate surface area is 122 Å². The molecule has 19 heavy (non-hydrogen) atoms. The molecule has 0 fully saturated rings. The van der Waals surface area contributed by atoms with E-state index < -0.39 is 0 Å². The highest BCUT2D eigenvalue weighted by Crippen LogP contribution is 2.39. The minimum absolute atomic E-state index is 0.686. The molecule has 0 N–H and O–H groups in total. The minimum Gasteiger partial charge on any atom is -0.236 e. The van der Waals surface area contributed by atoms with Crippen LogP contribution in [0, 0.1) is 5.51 Å². The van der Waals surface area contributed by atoms with Crippen LogP contribution >= 0.6 is 34.3 Å². The number of hydrogen-bond acceptors (Lipinski definition) is 4. The van der Waals surface area contributed by atoms with Gasteiger partial charge in [0.2, 0.25) is 0 Å². The molecule has 2 heterocycles. The number of fused-ring (bicyclic) bond motifs is 2. The highest BCUT2D eigenvalue weighted by Gasteiger charge is 2.15. The molecule has 2 aromatic carbocycles. The van der Waals surface area contributed by atoms with Gasteiger partial charge in [-0.25, -0.2) is 9.97 Å². The van der Waals surface area contributed by atoms with Gasteiger partial charge < -0.3 is 0 Å². The summed E-state index contributed by atoms with van der Waals surface area (Å²) in [6.07, 6.45) is 0. The number of benzene rings is 2. The van der Waals surface area contributed by atoms with Crippen LogP contribution in [-0.2, 0) is 0 Å². The summed E-state index contributed by atoms with van der Waals surface area (Å²) in [5.74, 6) is 0. The Morgan fingerprint density at radius 1 is 1.05 bits per heavy atom. The maximum atomic E-state index is 6.34. The Kier molecular flexibility index (Phi) is 2.55. The molecule has 4 aromatic rings. The van der Waals surface area contributed by atoms with Crippen LogP contribution < -0.4 is 0 Å². The smallest absolute Gasteiger partial charge is 0.153 e. The lowest BCUT2D eigenvalue weighted by Gasteiger charge is -2.00. The highest BCUT2D eigenvalue weighted by atomic mass is 35.5. The third-order valence-corrected chi connectivity index (χ3v) is 5.01. The van der Waals surface area contributed by atoms with E-state index in [9.17, 15) is 0 Å². The first kappa shape index (κ1) is 11.3. The predicted molar refractivity (Wildman–Crippen MR) is 82.1 cm³/mol. The summed E-state index contributed by atoms with van der Waals surface area (Å²) in [6, 6.07) is 12.0. The fraction of sp³-hybridized carbons (Fsp3) is 0. The number of halogens is 1. The highest BCUT2D eigenvalue weighted by molar-refractivity contribution is 7.22. The van der Waals surface area contributed by atoms with Crippen molar-refractivity contribution in [3.63, 3.8) is 0 Å². The van der Waals surface area contributed by atoms with Crippen molar-refractivity contribution >= 4 is 54.7 Å². The van der Waals surface area contributed by atoms with E-state index in [1.54, 1.807) is 11.3 Å². The van der Waals surface area contributed by atoms with Crippen LogP contribution in [0.2, 0.25) is 5.02 Å². The molecular weight excluding hydrogens is 296 g/mol. The average molecular weight is 302 g/mol. The average Bonchev–Trinajstić information content (AvgIpc) is 3.03. The molecule has 2 nitrogen and oxygen atoms in total. The number of nitrogens with zero attached hydrogens (tertiary/aromatic N) is 2. The maximum absolute atomic E-state index is 6.34. The summed E-state index contributed by atoms with van der Waals surface area (Å²) in [4.78, 5) is 8.96. The quantitative estimate of drug-likeness (QED) is 0.493. The molecule has 0 saturated heterocycles. The third-order valence-electron chi connectivity index (χ3n) is 2.91. The van der Waals surface area contributed by atoms with Gasteiger partial charge in [-0.1, -0.05) is 23.7 Å². The van der Waals surface area contributed by atoms with Gasteiger partial charge in [0.25, 0.3) is 0 Å². The van der Waals surface area contributed by atoms with Gasteiger partial charge in [-0.2, -0.15) is 0 Å². The molecule has 0 bridgehead atoms. The fourth-order valence-electron chi connectivity index (χ4n) is 2.04. The van der Waals surface area contributed by atoms with E-state index in [0.29, 0.717) is 5.02 Å². The number of aromatic nitrogens is 2. The van der Waals surface area contributed by atoms with E-state index >= 15 is 0 Å². The second-order valence-corrected chi connectivity index (χ2v) is 6.33. The topological polar surface area (TPSA) is 25.8 Å². The number of rotatable bonds is 1. The predicted octanol–water partition coefficient (Wildman–Crippen LogP) is 5.03. The van der Waals surface area contributed by atoms with E-state index in [1.165, 1.54) is 11.3 Å². The summed E-state index contributed by atoms with van der Waals surface area (Å²) in [5.41, 5.74) is 5.71. The molecule has 0 spiro atoms. The SMILES string of the molecule is Clc1ccc2s[c]nc2c1-c1nc2ccccc2s1. The van der Waals surface area contributed by atoms with Crippen molar-refractivity contribution in [2.24, 2.45) is 0 Å². The molecule has 0 unspecified atom stereocenters. The van der Waals surface area contributed by atoms with Crippen LogP contribution in [0.15, 0.2) is 36.4 Å². The zero-order valence-electron chi connectivity index (χ0n) is 9.55. The molecule has 91 valence electrons. The Bertz CT molecular complexity index is 862. The Hall–Kier alpha value is -1.49. The van der Waals surface area contributed by atoms with Gasteiger partial charge in [0.05, 0.1) is 31.0 Å². The first-order valence-corrected chi connectivity index (χ1v) is 7.65. The van der Waals surface area contributed by atoms with Crippen LogP contribution in [0.3, 0.4) is 0 Å². The zero-order valence-corrected chi connectivity index (χ0v) is 11.9. The van der Waals surface area contributed by atoms with Crippen molar-refractivity contribution in [1.29, 1.82) is 0 Å². The molecule has 4 rings (SSSR count). The van der Waals surface area contributed by atoms with E-state index in [2.05, 4.69) is 21.5 Å². The van der Waals surface area contributed by atoms with E-state index in [-0.39, 0.29) is 0 Å². The van der Waals surface area contributed by atoms with Gasteiger partial charge in [-0.3, -0.25) is 0 Å². The van der Waals surface area contributed by atoms with Crippen LogP contribution in [-0.4, -0.2) is 9.97 Å². The molecule has 1 radical (unpaired) electrons. The van der Waals surface area contributed by atoms with Gasteiger partial charge in [0.1, 0.15) is 5.01 Å². The van der Waals surface area contributed by atoms with Gasteiger partial charge >= 0.3 is 0 Å². The van der Waals surface area contributed by atoms with Gasteiger partial charge in [-0.05, 0) is 24.3 Å².